The number of methoxy groups -OCH3 is 2. The highest BCUT2D eigenvalue weighted by Gasteiger charge is 2.36. The summed E-state index contributed by atoms with van der Waals surface area (Å²) in [5.74, 6) is 0.500. The summed E-state index contributed by atoms with van der Waals surface area (Å²) in [6, 6.07) is 3.53. The number of ether oxygens (including phenoxy) is 3. The van der Waals surface area contributed by atoms with Crippen LogP contribution >= 0.6 is 0 Å². The van der Waals surface area contributed by atoms with E-state index in [9.17, 15) is 14.7 Å². The van der Waals surface area contributed by atoms with Crippen LogP contribution in [0.5, 0.6) is 17.2 Å². The molecule has 1 aliphatic rings. The number of piperidine rings is 1. The van der Waals surface area contributed by atoms with Gasteiger partial charge in [-0.3, -0.25) is 9.59 Å². The van der Waals surface area contributed by atoms with E-state index in [1.165, 1.54) is 14.2 Å². The Morgan fingerprint density at radius 2 is 2.00 bits per heavy atom. The Labute approximate surface area is 166 Å². The molecular formula is C21H31NO6. The molecule has 28 heavy (non-hydrogen) atoms. The van der Waals surface area contributed by atoms with Crippen LogP contribution in [-0.4, -0.2) is 55.8 Å². The van der Waals surface area contributed by atoms with Crippen molar-refractivity contribution in [1.82, 2.24) is 4.90 Å². The van der Waals surface area contributed by atoms with Gasteiger partial charge in [0.1, 0.15) is 0 Å². The van der Waals surface area contributed by atoms with Crippen molar-refractivity contribution in [2.75, 3.05) is 33.9 Å². The first-order chi connectivity index (χ1) is 13.5. The second kappa shape index (κ2) is 10.2. The second-order valence-corrected chi connectivity index (χ2v) is 6.96. The molecule has 1 amide bonds. The quantitative estimate of drug-likeness (QED) is 0.650. The van der Waals surface area contributed by atoms with Gasteiger partial charge in [-0.25, -0.2) is 0 Å². The molecule has 2 rings (SSSR count). The number of carbonyl (C=O) groups is 2. The Bertz CT molecular complexity index is 690. The number of hydrogen-bond donors (Lipinski definition) is 1. The van der Waals surface area contributed by atoms with Crippen molar-refractivity contribution in [1.29, 1.82) is 0 Å². The van der Waals surface area contributed by atoms with E-state index in [4.69, 9.17) is 14.2 Å². The van der Waals surface area contributed by atoms with E-state index in [2.05, 4.69) is 0 Å². The first-order valence-corrected chi connectivity index (χ1v) is 9.83. The molecule has 7 nitrogen and oxygen atoms in total. The van der Waals surface area contributed by atoms with E-state index in [0.717, 1.165) is 6.42 Å². The highest BCUT2D eigenvalue weighted by molar-refractivity contribution is 5.81. The predicted molar refractivity (Wildman–Crippen MR) is 105 cm³/mol. The molecule has 1 N–H and O–H groups in total. The summed E-state index contributed by atoms with van der Waals surface area (Å²) >= 11 is 0. The van der Waals surface area contributed by atoms with E-state index in [-0.39, 0.29) is 29.5 Å². The minimum atomic E-state index is -0.234. The van der Waals surface area contributed by atoms with Crippen LogP contribution in [0, 0.1) is 11.8 Å². The largest absolute Gasteiger partial charge is 0.504 e. The summed E-state index contributed by atoms with van der Waals surface area (Å²) in [7, 11) is 2.99. The monoisotopic (exact) mass is 393 g/mol. The maximum absolute atomic E-state index is 12.9. The maximum atomic E-state index is 12.9. The van der Waals surface area contributed by atoms with Crippen LogP contribution in [0.1, 0.15) is 38.7 Å². The third-order valence-electron chi connectivity index (χ3n) is 5.40. The zero-order valence-electron chi connectivity index (χ0n) is 17.2. The van der Waals surface area contributed by atoms with Gasteiger partial charge in [-0.15, -0.1) is 0 Å². The number of rotatable bonds is 9. The molecule has 156 valence electrons. The summed E-state index contributed by atoms with van der Waals surface area (Å²) in [4.78, 5) is 26.6. The number of aromatic hydroxyl groups is 1. The number of amides is 1. The fourth-order valence-corrected chi connectivity index (χ4v) is 3.89. The Morgan fingerprint density at radius 3 is 2.61 bits per heavy atom. The molecule has 0 bridgehead atoms. The predicted octanol–water partition coefficient (Wildman–Crippen LogP) is 2.78. The Balaban J connectivity index is 2.02. The third-order valence-corrected chi connectivity index (χ3v) is 5.40. The number of nitrogens with zero attached hydrogens (tertiary/aromatic N) is 1. The van der Waals surface area contributed by atoms with E-state index in [1.54, 1.807) is 19.1 Å². The molecule has 1 aromatic carbocycles. The zero-order chi connectivity index (χ0) is 20.7. The van der Waals surface area contributed by atoms with Crippen LogP contribution < -0.4 is 9.47 Å². The number of carbonyl (C=O) groups excluding carboxylic acids is 2. The lowest BCUT2D eigenvalue weighted by Crippen LogP contribution is -2.46. The average molecular weight is 393 g/mol. The topological polar surface area (TPSA) is 85.3 Å². The van der Waals surface area contributed by atoms with Gasteiger partial charge in [-0.1, -0.05) is 13.0 Å². The average Bonchev–Trinajstić information content (AvgIpc) is 2.68. The van der Waals surface area contributed by atoms with E-state index in [0.29, 0.717) is 56.0 Å². The fraction of sp³-hybridized carbons (Fsp3) is 0.619. The van der Waals surface area contributed by atoms with Crippen molar-refractivity contribution in [3.8, 4) is 17.2 Å². The first-order valence-electron chi connectivity index (χ1n) is 9.83. The van der Waals surface area contributed by atoms with Gasteiger partial charge >= 0.3 is 5.97 Å². The van der Waals surface area contributed by atoms with Crippen LogP contribution in [0.2, 0.25) is 0 Å². The van der Waals surface area contributed by atoms with Crippen molar-refractivity contribution in [2.24, 2.45) is 11.8 Å². The zero-order valence-corrected chi connectivity index (χ0v) is 17.2. The van der Waals surface area contributed by atoms with E-state index < -0.39 is 0 Å². The van der Waals surface area contributed by atoms with Gasteiger partial charge in [0.15, 0.2) is 11.5 Å². The van der Waals surface area contributed by atoms with Gasteiger partial charge in [0, 0.05) is 25.4 Å². The molecule has 0 unspecified atom stereocenters. The van der Waals surface area contributed by atoms with Crippen LogP contribution in [0.4, 0.5) is 0 Å². The van der Waals surface area contributed by atoms with Gasteiger partial charge in [-0.2, -0.15) is 0 Å². The van der Waals surface area contributed by atoms with Gasteiger partial charge in [-0.05, 0) is 43.7 Å². The lowest BCUT2D eigenvalue weighted by atomic mass is 9.81. The van der Waals surface area contributed by atoms with Crippen molar-refractivity contribution in [3.05, 3.63) is 17.7 Å². The van der Waals surface area contributed by atoms with Crippen LogP contribution in [-0.2, 0) is 20.7 Å². The molecule has 1 fully saturated rings. The number of phenolic OH excluding ortho intramolecular Hbond substituents is 1. The lowest BCUT2D eigenvalue weighted by Gasteiger charge is -2.37. The first kappa shape index (κ1) is 21.9. The molecular weight excluding hydrogens is 362 g/mol. The summed E-state index contributed by atoms with van der Waals surface area (Å²) in [5, 5.41) is 10.4. The second-order valence-electron chi connectivity index (χ2n) is 6.96. The summed E-state index contributed by atoms with van der Waals surface area (Å²) in [6.07, 6.45) is 2.28. The molecule has 0 saturated carbocycles. The fourth-order valence-electron chi connectivity index (χ4n) is 3.89. The molecule has 1 aliphatic heterocycles. The minimum absolute atomic E-state index is 0.0299. The molecule has 0 spiro atoms. The van der Waals surface area contributed by atoms with Crippen molar-refractivity contribution in [3.63, 3.8) is 0 Å². The molecule has 1 aromatic rings. The highest BCUT2D eigenvalue weighted by atomic mass is 16.5. The van der Waals surface area contributed by atoms with Crippen molar-refractivity contribution in [2.45, 2.75) is 39.5 Å². The maximum Gasteiger partial charge on any atom is 0.306 e. The van der Waals surface area contributed by atoms with Crippen molar-refractivity contribution < 1.29 is 28.9 Å². The normalized spacial score (nSPS) is 19.4. The smallest absolute Gasteiger partial charge is 0.306 e. The van der Waals surface area contributed by atoms with E-state index >= 15 is 0 Å². The van der Waals surface area contributed by atoms with Gasteiger partial charge in [0.05, 0.1) is 20.8 Å². The minimum Gasteiger partial charge on any atom is -0.504 e. The molecule has 0 radical (unpaired) electrons. The van der Waals surface area contributed by atoms with E-state index in [1.807, 2.05) is 11.8 Å². The standard InChI is InChI=1S/C21H31NO6/c1-5-16-15(13-18(23)28-6-2)10-12-22(21(16)25)11-9-14-7-8-17(26-3)20(27-4)19(14)24/h7-8,15-16,24H,5-6,9-13H2,1-4H3/t15-,16+/m1/s1. The molecule has 7 heteroatoms. The number of hydrogen-bond acceptors (Lipinski definition) is 6. The summed E-state index contributed by atoms with van der Waals surface area (Å²) < 4.78 is 15.5. The number of phenols is 1. The molecule has 0 aromatic heterocycles. The Hall–Kier alpha value is -2.44. The van der Waals surface area contributed by atoms with Crippen LogP contribution in [0.25, 0.3) is 0 Å². The lowest BCUT2D eigenvalue weighted by molar-refractivity contribution is -0.148. The molecule has 2 atom stereocenters. The number of likely N-dealkylation sites (tertiary alicyclic amines) is 1. The van der Waals surface area contributed by atoms with Crippen LogP contribution in [0.15, 0.2) is 12.1 Å². The van der Waals surface area contributed by atoms with Crippen molar-refractivity contribution >= 4 is 11.9 Å². The Kier molecular flexibility index (Phi) is 7.96. The molecule has 1 saturated heterocycles. The number of esters is 1. The van der Waals surface area contributed by atoms with Gasteiger partial charge in [0.25, 0.3) is 0 Å². The highest BCUT2D eigenvalue weighted by Crippen LogP contribution is 2.39. The SMILES string of the molecule is CCOC(=O)C[C@H]1CCN(CCc2ccc(OC)c(OC)c2O)C(=O)[C@H]1CC. The Morgan fingerprint density at radius 1 is 1.25 bits per heavy atom. The molecule has 1 heterocycles. The third kappa shape index (κ3) is 4.88. The van der Waals surface area contributed by atoms with Gasteiger partial charge < -0.3 is 24.2 Å². The summed E-state index contributed by atoms with van der Waals surface area (Å²) in [6.45, 7) is 5.23. The van der Waals surface area contributed by atoms with Gasteiger partial charge in [0.2, 0.25) is 11.7 Å². The molecule has 0 aliphatic carbocycles. The summed E-state index contributed by atoms with van der Waals surface area (Å²) in [5.41, 5.74) is 0.701. The van der Waals surface area contributed by atoms with Crippen LogP contribution in [0.3, 0.4) is 0 Å². The number of benzene rings is 1.